The van der Waals surface area contributed by atoms with Crippen molar-refractivity contribution in [3.05, 3.63) is 31.8 Å². The first-order valence-electron chi connectivity index (χ1n) is 5.84. The standard InChI is InChI=1S/C13H17BrINO2/c1-9(2)16(6-3-7-17)13(18)11-8-10(15)4-5-12(11)14/h4-5,8-9,17H,3,6-7H2,1-2H3. The normalized spacial score (nSPS) is 10.8. The molecular formula is C13H17BrINO2. The highest BCUT2D eigenvalue weighted by Crippen LogP contribution is 2.22. The zero-order chi connectivity index (χ0) is 13.7. The highest BCUT2D eigenvalue weighted by molar-refractivity contribution is 14.1. The van der Waals surface area contributed by atoms with Crippen molar-refractivity contribution in [2.24, 2.45) is 0 Å². The topological polar surface area (TPSA) is 40.5 Å². The molecule has 1 aromatic rings. The molecular weight excluding hydrogens is 409 g/mol. The van der Waals surface area contributed by atoms with Gasteiger partial charge < -0.3 is 10.0 Å². The average molecular weight is 426 g/mol. The fraction of sp³-hybridized carbons (Fsp3) is 0.462. The molecule has 0 bridgehead atoms. The van der Waals surface area contributed by atoms with Crippen molar-refractivity contribution in [3.8, 4) is 0 Å². The summed E-state index contributed by atoms with van der Waals surface area (Å²) in [4.78, 5) is 14.3. The maximum Gasteiger partial charge on any atom is 0.255 e. The van der Waals surface area contributed by atoms with Crippen LogP contribution in [-0.2, 0) is 0 Å². The highest BCUT2D eigenvalue weighted by Gasteiger charge is 2.20. The van der Waals surface area contributed by atoms with Crippen LogP contribution in [0.5, 0.6) is 0 Å². The van der Waals surface area contributed by atoms with E-state index in [1.54, 1.807) is 4.90 Å². The lowest BCUT2D eigenvalue weighted by atomic mass is 10.1. The summed E-state index contributed by atoms with van der Waals surface area (Å²) in [5.74, 6) is 0.00356. The summed E-state index contributed by atoms with van der Waals surface area (Å²) in [6, 6.07) is 5.84. The van der Waals surface area contributed by atoms with Crippen molar-refractivity contribution >= 4 is 44.4 Å². The fourth-order valence-electron chi connectivity index (χ4n) is 1.65. The third-order valence-corrected chi connectivity index (χ3v) is 3.96. The first-order chi connectivity index (χ1) is 8.47. The van der Waals surface area contributed by atoms with Crippen LogP contribution in [0.15, 0.2) is 22.7 Å². The lowest BCUT2D eigenvalue weighted by Crippen LogP contribution is -2.38. The first kappa shape index (κ1) is 15.9. The molecule has 0 spiro atoms. The van der Waals surface area contributed by atoms with E-state index in [1.807, 2.05) is 32.0 Å². The Bertz CT molecular complexity index is 423. The van der Waals surface area contributed by atoms with Gasteiger partial charge in [0, 0.05) is 27.2 Å². The number of hydrogen-bond donors (Lipinski definition) is 1. The van der Waals surface area contributed by atoms with E-state index in [2.05, 4.69) is 38.5 Å². The second kappa shape index (κ2) is 7.45. The summed E-state index contributed by atoms with van der Waals surface area (Å²) in [7, 11) is 0. The van der Waals surface area contributed by atoms with Gasteiger partial charge >= 0.3 is 0 Å². The van der Waals surface area contributed by atoms with Gasteiger partial charge in [0.2, 0.25) is 0 Å². The third-order valence-electron chi connectivity index (χ3n) is 2.60. The van der Waals surface area contributed by atoms with Gasteiger partial charge in [0.15, 0.2) is 0 Å². The van der Waals surface area contributed by atoms with Crippen LogP contribution in [0.3, 0.4) is 0 Å². The number of carbonyl (C=O) groups excluding carboxylic acids is 1. The van der Waals surface area contributed by atoms with Crippen LogP contribution < -0.4 is 0 Å². The third kappa shape index (κ3) is 4.20. The Morgan fingerprint density at radius 1 is 1.50 bits per heavy atom. The molecule has 1 amide bonds. The van der Waals surface area contributed by atoms with Crippen LogP contribution in [0, 0.1) is 3.57 Å². The summed E-state index contributed by atoms with van der Waals surface area (Å²) in [5.41, 5.74) is 0.675. The number of aliphatic hydroxyl groups excluding tert-OH is 1. The lowest BCUT2D eigenvalue weighted by Gasteiger charge is -2.27. The largest absolute Gasteiger partial charge is 0.396 e. The summed E-state index contributed by atoms with van der Waals surface area (Å²) in [6.07, 6.45) is 0.603. The minimum absolute atomic E-state index is 0.00356. The van der Waals surface area contributed by atoms with E-state index >= 15 is 0 Å². The van der Waals surface area contributed by atoms with Crippen LogP contribution in [-0.4, -0.2) is 35.1 Å². The Morgan fingerprint density at radius 2 is 2.17 bits per heavy atom. The molecule has 0 saturated carbocycles. The summed E-state index contributed by atoms with van der Waals surface area (Å²) in [6.45, 7) is 4.64. The van der Waals surface area contributed by atoms with Gasteiger partial charge in [-0.1, -0.05) is 0 Å². The number of aliphatic hydroxyl groups is 1. The maximum absolute atomic E-state index is 12.5. The van der Waals surface area contributed by atoms with Crippen LogP contribution >= 0.6 is 38.5 Å². The van der Waals surface area contributed by atoms with Crippen molar-refractivity contribution in [1.82, 2.24) is 4.90 Å². The van der Waals surface area contributed by atoms with E-state index in [0.29, 0.717) is 18.5 Å². The van der Waals surface area contributed by atoms with Crippen LogP contribution in [0.1, 0.15) is 30.6 Å². The molecule has 0 radical (unpaired) electrons. The molecule has 100 valence electrons. The Balaban J connectivity index is 2.98. The molecule has 0 aliphatic heterocycles. The number of nitrogens with zero attached hydrogens (tertiary/aromatic N) is 1. The molecule has 0 aromatic heterocycles. The van der Waals surface area contributed by atoms with E-state index in [0.717, 1.165) is 8.04 Å². The van der Waals surface area contributed by atoms with Crippen molar-refractivity contribution < 1.29 is 9.90 Å². The Labute approximate surface area is 130 Å². The summed E-state index contributed by atoms with van der Waals surface area (Å²) in [5, 5.41) is 8.90. The van der Waals surface area contributed by atoms with Gasteiger partial charge in [-0.2, -0.15) is 0 Å². The molecule has 0 atom stereocenters. The maximum atomic E-state index is 12.5. The van der Waals surface area contributed by atoms with E-state index < -0.39 is 0 Å². The van der Waals surface area contributed by atoms with Crippen molar-refractivity contribution in [2.45, 2.75) is 26.3 Å². The second-order valence-corrected chi connectivity index (χ2v) is 6.39. The molecule has 0 heterocycles. The summed E-state index contributed by atoms with van der Waals surface area (Å²) < 4.78 is 1.84. The van der Waals surface area contributed by atoms with Crippen molar-refractivity contribution in [1.29, 1.82) is 0 Å². The molecule has 1 rings (SSSR count). The van der Waals surface area contributed by atoms with Crippen molar-refractivity contribution in [2.75, 3.05) is 13.2 Å². The predicted molar refractivity (Wildman–Crippen MR) is 84.7 cm³/mol. The number of amides is 1. The van der Waals surface area contributed by atoms with Crippen LogP contribution in [0.2, 0.25) is 0 Å². The van der Waals surface area contributed by atoms with Gasteiger partial charge in [0.05, 0.1) is 5.56 Å². The van der Waals surface area contributed by atoms with Crippen molar-refractivity contribution in [3.63, 3.8) is 0 Å². The zero-order valence-electron chi connectivity index (χ0n) is 10.5. The number of benzene rings is 1. The van der Waals surface area contributed by atoms with E-state index in [9.17, 15) is 4.79 Å². The lowest BCUT2D eigenvalue weighted by molar-refractivity contribution is 0.0692. The Kier molecular flexibility index (Phi) is 6.59. The van der Waals surface area contributed by atoms with Crippen LogP contribution in [0.4, 0.5) is 0 Å². The molecule has 18 heavy (non-hydrogen) atoms. The van der Waals surface area contributed by atoms with Crippen LogP contribution in [0.25, 0.3) is 0 Å². The molecule has 1 N–H and O–H groups in total. The molecule has 1 aromatic carbocycles. The van der Waals surface area contributed by atoms with E-state index in [1.165, 1.54) is 0 Å². The van der Waals surface area contributed by atoms with Gasteiger partial charge in [-0.3, -0.25) is 4.79 Å². The predicted octanol–water partition coefficient (Wildman–Crippen LogP) is 3.29. The monoisotopic (exact) mass is 425 g/mol. The number of carbonyl (C=O) groups is 1. The van der Waals surface area contributed by atoms with Gasteiger partial charge in [0.25, 0.3) is 5.91 Å². The Hall–Kier alpha value is -0.140. The molecule has 5 heteroatoms. The van der Waals surface area contributed by atoms with Gasteiger partial charge in [0.1, 0.15) is 0 Å². The molecule has 0 aliphatic rings. The molecule has 0 fully saturated rings. The average Bonchev–Trinajstić information content (AvgIpc) is 2.32. The quantitative estimate of drug-likeness (QED) is 0.735. The van der Waals surface area contributed by atoms with Gasteiger partial charge in [-0.15, -0.1) is 0 Å². The molecule has 0 unspecified atom stereocenters. The van der Waals surface area contributed by atoms with Gasteiger partial charge in [-0.05, 0) is 77.0 Å². The minimum Gasteiger partial charge on any atom is -0.396 e. The first-order valence-corrected chi connectivity index (χ1v) is 7.71. The zero-order valence-corrected chi connectivity index (χ0v) is 14.2. The van der Waals surface area contributed by atoms with E-state index in [-0.39, 0.29) is 18.6 Å². The smallest absolute Gasteiger partial charge is 0.255 e. The summed E-state index contributed by atoms with van der Waals surface area (Å²) >= 11 is 5.61. The minimum atomic E-state index is 0.00356. The molecule has 0 saturated heterocycles. The second-order valence-electron chi connectivity index (χ2n) is 4.29. The number of halogens is 2. The molecule has 3 nitrogen and oxygen atoms in total. The number of hydrogen-bond acceptors (Lipinski definition) is 2. The van der Waals surface area contributed by atoms with Gasteiger partial charge in [-0.25, -0.2) is 0 Å². The molecule has 0 aliphatic carbocycles. The van der Waals surface area contributed by atoms with E-state index in [4.69, 9.17) is 5.11 Å². The Morgan fingerprint density at radius 3 is 2.72 bits per heavy atom. The SMILES string of the molecule is CC(C)N(CCCO)C(=O)c1cc(I)ccc1Br. The number of rotatable bonds is 5. The fourth-order valence-corrected chi connectivity index (χ4v) is 2.56. The highest BCUT2D eigenvalue weighted by atomic mass is 127.